The molecule has 1 heterocycles. The number of hydrogen-bond acceptors (Lipinski definition) is 5. The lowest BCUT2D eigenvalue weighted by molar-refractivity contribution is -0.142. The van der Waals surface area contributed by atoms with Crippen molar-refractivity contribution >= 4 is 17.9 Å². The van der Waals surface area contributed by atoms with Crippen molar-refractivity contribution in [3.63, 3.8) is 0 Å². The molecule has 0 aliphatic carbocycles. The summed E-state index contributed by atoms with van der Waals surface area (Å²) in [6.45, 7) is 6.90. The number of benzene rings is 1. The van der Waals surface area contributed by atoms with Crippen LogP contribution in [0.2, 0.25) is 0 Å². The van der Waals surface area contributed by atoms with E-state index in [-0.39, 0.29) is 19.0 Å². The van der Waals surface area contributed by atoms with Gasteiger partial charge in [0, 0.05) is 13.0 Å². The Morgan fingerprint density at radius 2 is 1.80 bits per heavy atom. The maximum Gasteiger partial charge on any atom is 0.405 e. The normalized spacial score (nSPS) is 20.7. The van der Waals surface area contributed by atoms with Gasteiger partial charge in [0.05, 0.1) is 23.8 Å². The van der Waals surface area contributed by atoms with Gasteiger partial charge in [-0.25, -0.2) is 4.79 Å². The van der Waals surface area contributed by atoms with Gasteiger partial charge in [0.25, 0.3) is 0 Å². The lowest BCUT2D eigenvalue weighted by Gasteiger charge is -2.34. The van der Waals surface area contributed by atoms with Crippen molar-refractivity contribution in [3.05, 3.63) is 35.4 Å². The lowest BCUT2D eigenvalue weighted by Crippen LogP contribution is -2.57. The van der Waals surface area contributed by atoms with Crippen LogP contribution < -0.4 is 10.6 Å². The molecule has 9 heteroatoms. The fourth-order valence-corrected chi connectivity index (χ4v) is 3.48. The molecule has 1 aliphatic rings. The number of carboxylic acid groups (broad SMARTS) is 1. The standard InChI is InChI=1S/C21H28N4O5/c1-12(14-7-5-13(10-22)6-8-14)23-18(27)16-9-15(26)11-25(16)19(28)17(21(2,3)4)24-20(29)30/h5-8,12,15-17,24,26H,9,11H2,1-4H3,(H,23,27)(H,29,30)/t12?,15-,16+,17?/m1/s1. The molecule has 0 aromatic heterocycles. The second-order valence-corrected chi connectivity index (χ2v) is 8.61. The summed E-state index contributed by atoms with van der Waals surface area (Å²) in [5.74, 6) is -0.979. The third-order valence-corrected chi connectivity index (χ3v) is 5.14. The molecule has 2 rings (SSSR count). The van der Waals surface area contributed by atoms with Gasteiger partial charge in [0.15, 0.2) is 0 Å². The first-order valence-electron chi connectivity index (χ1n) is 9.72. The highest BCUT2D eigenvalue weighted by Gasteiger charge is 2.44. The summed E-state index contributed by atoms with van der Waals surface area (Å²) in [6.07, 6.45) is -2.14. The Morgan fingerprint density at radius 1 is 1.20 bits per heavy atom. The molecule has 0 bridgehead atoms. The first-order chi connectivity index (χ1) is 13.9. The van der Waals surface area contributed by atoms with Crippen LogP contribution in [0.25, 0.3) is 0 Å². The van der Waals surface area contributed by atoms with E-state index in [1.54, 1.807) is 52.0 Å². The van der Waals surface area contributed by atoms with E-state index in [0.29, 0.717) is 5.56 Å². The van der Waals surface area contributed by atoms with E-state index in [1.807, 2.05) is 6.07 Å². The molecule has 1 saturated heterocycles. The number of aliphatic hydroxyl groups excluding tert-OH is 1. The molecule has 1 aromatic rings. The molecular formula is C21H28N4O5. The van der Waals surface area contributed by atoms with Gasteiger partial charge in [0.1, 0.15) is 12.1 Å². The van der Waals surface area contributed by atoms with Crippen LogP contribution >= 0.6 is 0 Å². The van der Waals surface area contributed by atoms with Gasteiger partial charge in [-0.15, -0.1) is 0 Å². The number of carbonyl (C=O) groups excluding carboxylic acids is 2. The highest BCUT2D eigenvalue weighted by Crippen LogP contribution is 2.26. The van der Waals surface area contributed by atoms with Gasteiger partial charge < -0.3 is 25.7 Å². The topological polar surface area (TPSA) is 143 Å². The first-order valence-corrected chi connectivity index (χ1v) is 9.72. The molecule has 2 unspecified atom stereocenters. The van der Waals surface area contributed by atoms with E-state index in [4.69, 9.17) is 10.4 Å². The molecule has 1 aromatic carbocycles. The Balaban J connectivity index is 2.17. The SMILES string of the molecule is CC(NC(=O)[C@@H]1C[C@@H](O)CN1C(=O)C(NC(=O)O)C(C)(C)C)c1ccc(C#N)cc1. The minimum atomic E-state index is -1.33. The third-order valence-electron chi connectivity index (χ3n) is 5.14. The van der Waals surface area contributed by atoms with E-state index < -0.39 is 41.5 Å². The third kappa shape index (κ3) is 5.48. The molecular weight excluding hydrogens is 388 g/mol. The van der Waals surface area contributed by atoms with Crippen LogP contribution in [0.15, 0.2) is 24.3 Å². The van der Waals surface area contributed by atoms with E-state index in [2.05, 4.69) is 10.6 Å². The number of nitrogens with zero attached hydrogens (tertiary/aromatic N) is 2. The summed E-state index contributed by atoms with van der Waals surface area (Å²) >= 11 is 0. The molecule has 0 spiro atoms. The summed E-state index contributed by atoms with van der Waals surface area (Å²) < 4.78 is 0. The van der Waals surface area contributed by atoms with Crippen LogP contribution in [0.3, 0.4) is 0 Å². The number of β-amino-alcohol motifs (C(OH)–C–C–N with tert-alkyl or cyclic N) is 1. The van der Waals surface area contributed by atoms with Crippen molar-refractivity contribution in [2.24, 2.45) is 5.41 Å². The van der Waals surface area contributed by atoms with Crippen LogP contribution in [0, 0.1) is 16.7 Å². The number of hydrogen-bond donors (Lipinski definition) is 4. The van der Waals surface area contributed by atoms with E-state index >= 15 is 0 Å². The monoisotopic (exact) mass is 416 g/mol. The average Bonchev–Trinajstić information content (AvgIpc) is 3.06. The summed E-state index contributed by atoms with van der Waals surface area (Å²) in [6, 6.07) is 6.46. The number of rotatable bonds is 5. The van der Waals surface area contributed by atoms with Crippen LogP contribution in [0.4, 0.5) is 4.79 Å². The fraction of sp³-hybridized carbons (Fsp3) is 0.524. The van der Waals surface area contributed by atoms with E-state index in [0.717, 1.165) is 5.56 Å². The molecule has 4 atom stereocenters. The molecule has 0 saturated carbocycles. The summed E-state index contributed by atoms with van der Waals surface area (Å²) in [7, 11) is 0. The minimum absolute atomic E-state index is 0.0456. The van der Waals surface area contributed by atoms with Crippen molar-refractivity contribution < 1.29 is 24.6 Å². The van der Waals surface area contributed by atoms with Gasteiger partial charge in [0.2, 0.25) is 11.8 Å². The van der Waals surface area contributed by atoms with Crippen molar-refractivity contribution in [2.75, 3.05) is 6.54 Å². The molecule has 9 nitrogen and oxygen atoms in total. The molecule has 0 radical (unpaired) electrons. The van der Waals surface area contributed by atoms with Crippen LogP contribution in [0.1, 0.15) is 51.3 Å². The number of aliphatic hydroxyl groups is 1. The second kappa shape index (κ2) is 9.13. The van der Waals surface area contributed by atoms with Gasteiger partial charge in [-0.3, -0.25) is 9.59 Å². The Hall–Kier alpha value is -3.12. The zero-order valence-corrected chi connectivity index (χ0v) is 17.5. The molecule has 162 valence electrons. The molecule has 3 amide bonds. The van der Waals surface area contributed by atoms with Gasteiger partial charge >= 0.3 is 6.09 Å². The van der Waals surface area contributed by atoms with Gasteiger partial charge in [-0.2, -0.15) is 5.26 Å². The minimum Gasteiger partial charge on any atom is -0.465 e. The molecule has 1 fully saturated rings. The number of nitriles is 1. The average molecular weight is 416 g/mol. The highest BCUT2D eigenvalue weighted by molar-refractivity contribution is 5.92. The lowest BCUT2D eigenvalue weighted by atomic mass is 9.85. The predicted octanol–water partition coefficient (Wildman–Crippen LogP) is 1.38. The van der Waals surface area contributed by atoms with Gasteiger partial charge in [-0.1, -0.05) is 32.9 Å². The van der Waals surface area contributed by atoms with Gasteiger partial charge in [-0.05, 0) is 30.0 Å². The molecule has 1 aliphatic heterocycles. The van der Waals surface area contributed by atoms with Crippen molar-refractivity contribution in [1.29, 1.82) is 5.26 Å². The first kappa shape index (κ1) is 23.2. The zero-order chi connectivity index (χ0) is 22.6. The van der Waals surface area contributed by atoms with E-state index in [9.17, 15) is 19.5 Å². The number of likely N-dealkylation sites (tertiary alicyclic amines) is 1. The largest absolute Gasteiger partial charge is 0.465 e. The Kier molecular flexibility index (Phi) is 7.05. The summed E-state index contributed by atoms with van der Waals surface area (Å²) in [5, 5.41) is 33.2. The molecule has 30 heavy (non-hydrogen) atoms. The van der Waals surface area contributed by atoms with Crippen LogP contribution in [0.5, 0.6) is 0 Å². The van der Waals surface area contributed by atoms with E-state index in [1.165, 1.54) is 4.90 Å². The van der Waals surface area contributed by atoms with Crippen LogP contribution in [-0.2, 0) is 9.59 Å². The summed E-state index contributed by atoms with van der Waals surface area (Å²) in [5.41, 5.74) is 0.575. The van der Waals surface area contributed by atoms with Crippen molar-refractivity contribution in [1.82, 2.24) is 15.5 Å². The Morgan fingerprint density at radius 3 is 2.30 bits per heavy atom. The maximum absolute atomic E-state index is 13.1. The highest BCUT2D eigenvalue weighted by atomic mass is 16.4. The predicted molar refractivity (Wildman–Crippen MR) is 108 cm³/mol. The zero-order valence-electron chi connectivity index (χ0n) is 17.5. The number of carbonyl (C=O) groups is 3. The Labute approximate surface area is 175 Å². The van der Waals surface area contributed by atoms with Crippen molar-refractivity contribution in [3.8, 4) is 6.07 Å². The number of amides is 3. The fourth-order valence-electron chi connectivity index (χ4n) is 3.48. The maximum atomic E-state index is 13.1. The Bertz CT molecular complexity index is 840. The van der Waals surface area contributed by atoms with Crippen molar-refractivity contribution in [2.45, 2.75) is 58.3 Å². The molecule has 4 N–H and O–H groups in total. The smallest absolute Gasteiger partial charge is 0.405 e. The van der Waals surface area contributed by atoms with Crippen LogP contribution in [-0.4, -0.2) is 57.8 Å². The quantitative estimate of drug-likeness (QED) is 0.571. The second-order valence-electron chi connectivity index (χ2n) is 8.61. The number of nitrogens with one attached hydrogen (secondary N) is 2. The summed E-state index contributed by atoms with van der Waals surface area (Å²) in [4.78, 5) is 38.4.